The Morgan fingerprint density at radius 1 is 0.536 bits per heavy atom. The molecule has 0 bridgehead atoms. The van der Waals surface area contributed by atoms with Crippen molar-refractivity contribution in [2.45, 2.75) is 50.3 Å². The molecule has 56 heavy (non-hydrogen) atoms. The highest BCUT2D eigenvalue weighted by Gasteiger charge is 2.33. The van der Waals surface area contributed by atoms with Gasteiger partial charge in [-0.1, -0.05) is 39.8 Å². The first kappa shape index (κ1) is 40.9. The van der Waals surface area contributed by atoms with E-state index in [9.17, 15) is 26.4 Å². The molecule has 4 atom stereocenters. The van der Waals surface area contributed by atoms with Crippen molar-refractivity contribution in [1.29, 1.82) is 0 Å². The average Bonchev–Trinajstić information content (AvgIpc) is 3.17. The molecule has 2 aliphatic rings. The van der Waals surface area contributed by atoms with Crippen LogP contribution >= 0.6 is 0 Å². The molecule has 0 aromatic heterocycles. The van der Waals surface area contributed by atoms with Crippen molar-refractivity contribution in [3.05, 3.63) is 96.1 Å². The Morgan fingerprint density at radius 3 is 1.16 bits per heavy atom. The standard InChI is InChI=1S/C42H50N4O8S2/c1-27-19-28(2)24-45(23-27)55(49,50)35-13-7-31(8-14-35)41(47)43-37-17-11-33(21-39(37)53-5)34-12-18-38(40(22-34)54-6)44-42(48)32-9-15-36(16-10-32)56(51,52)46-25-29(3)20-30(4)26-46/h7-18,21-22,27-30H,19-20,23-26H2,1-6H3,(H,43,47)(H,44,48)/t27-,28-,29-,30+/m0/s1. The number of piperidine rings is 2. The van der Waals surface area contributed by atoms with Crippen molar-refractivity contribution >= 4 is 43.2 Å². The van der Waals surface area contributed by atoms with Gasteiger partial charge in [0.15, 0.2) is 0 Å². The fourth-order valence-corrected chi connectivity index (χ4v) is 11.2. The maximum Gasteiger partial charge on any atom is 0.255 e. The van der Waals surface area contributed by atoms with Crippen LogP contribution in [0.5, 0.6) is 11.5 Å². The number of hydrogen-bond acceptors (Lipinski definition) is 8. The third kappa shape index (κ3) is 8.94. The predicted molar refractivity (Wildman–Crippen MR) is 217 cm³/mol. The van der Waals surface area contributed by atoms with Crippen LogP contribution in [0.3, 0.4) is 0 Å². The smallest absolute Gasteiger partial charge is 0.255 e. The van der Waals surface area contributed by atoms with Crippen LogP contribution in [0.2, 0.25) is 0 Å². The Labute approximate surface area is 330 Å². The van der Waals surface area contributed by atoms with Gasteiger partial charge in [-0.3, -0.25) is 9.59 Å². The SMILES string of the molecule is COc1cc(-c2ccc(NC(=O)c3ccc(S(=O)(=O)N4C[C@@H](C)C[C@H](C)C4)cc3)c(OC)c2)ccc1NC(=O)c1ccc(S(=O)(=O)N2C[C@H](C)C[C@H](C)C2)cc1. The van der Waals surface area contributed by atoms with Crippen LogP contribution in [0, 0.1) is 23.7 Å². The molecule has 0 saturated carbocycles. The van der Waals surface area contributed by atoms with Crippen molar-refractivity contribution in [1.82, 2.24) is 8.61 Å². The molecule has 2 N–H and O–H groups in total. The highest BCUT2D eigenvalue weighted by Crippen LogP contribution is 2.36. The number of benzene rings is 4. The minimum absolute atomic E-state index is 0.151. The summed E-state index contributed by atoms with van der Waals surface area (Å²) in [5.74, 6) is 1.05. The molecule has 0 aliphatic carbocycles. The fourth-order valence-electron chi connectivity index (χ4n) is 7.80. The molecule has 2 fully saturated rings. The van der Waals surface area contributed by atoms with E-state index >= 15 is 0 Å². The van der Waals surface area contributed by atoms with Gasteiger partial charge >= 0.3 is 0 Å². The van der Waals surface area contributed by atoms with E-state index in [0.717, 1.165) is 24.0 Å². The van der Waals surface area contributed by atoms with Gasteiger partial charge in [0, 0.05) is 37.3 Å². The average molecular weight is 803 g/mol. The van der Waals surface area contributed by atoms with Crippen LogP contribution in [0.1, 0.15) is 61.3 Å². The number of methoxy groups -OCH3 is 2. The van der Waals surface area contributed by atoms with E-state index in [-0.39, 0.29) is 33.5 Å². The maximum atomic E-state index is 13.3. The van der Waals surface area contributed by atoms with E-state index in [0.29, 0.717) is 60.2 Å². The summed E-state index contributed by atoms with van der Waals surface area (Å²) in [6.45, 7) is 10.1. The Balaban J connectivity index is 1.12. The Kier molecular flexibility index (Phi) is 12.2. The molecule has 0 spiro atoms. The first-order chi connectivity index (χ1) is 26.6. The van der Waals surface area contributed by atoms with E-state index in [1.54, 1.807) is 24.3 Å². The van der Waals surface area contributed by atoms with Gasteiger partial charge < -0.3 is 20.1 Å². The van der Waals surface area contributed by atoms with Crippen LogP contribution < -0.4 is 20.1 Å². The lowest BCUT2D eigenvalue weighted by Crippen LogP contribution is -2.42. The number of sulfonamides is 2. The van der Waals surface area contributed by atoms with Crippen molar-refractivity contribution < 1.29 is 35.9 Å². The number of rotatable bonds is 11. The van der Waals surface area contributed by atoms with E-state index in [4.69, 9.17) is 9.47 Å². The van der Waals surface area contributed by atoms with Crippen molar-refractivity contribution in [3.8, 4) is 22.6 Å². The molecular weight excluding hydrogens is 753 g/mol. The molecule has 14 heteroatoms. The molecule has 0 unspecified atom stereocenters. The Bertz CT molecular complexity index is 2110. The number of hydrogen-bond donors (Lipinski definition) is 2. The first-order valence-electron chi connectivity index (χ1n) is 18.8. The highest BCUT2D eigenvalue weighted by atomic mass is 32.2. The number of carbonyl (C=O) groups excluding carboxylic acids is 2. The van der Waals surface area contributed by atoms with Gasteiger partial charge in [-0.05, 0) is 120 Å². The quantitative estimate of drug-likeness (QED) is 0.162. The maximum absolute atomic E-state index is 13.3. The minimum Gasteiger partial charge on any atom is -0.495 e. The summed E-state index contributed by atoms with van der Waals surface area (Å²) in [6.07, 6.45) is 1.98. The number of ether oxygens (including phenoxy) is 2. The van der Waals surface area contributed by atoms with Gasteiger partial charge in [-0.25, -0.2) is 16.8 Å². The third-order valence-corrected chi connectivity index (χ3v) is 14.1. The predicted octanol–water partition coefficient (Wildman–Crippen LogP) is 7.21. The second-order valence-electron chi connectivity index (χ2n) is 15.3. The molecule has 298 valence electrons. The van der Waals surface area contributed by atoms with Gasteiger partial charge in [-0.2, -0.15) is 8.61 Å². The molecule has 4 aromatic carbocycles. The van der Waals surface area contributed by atoms with Crippen molar-refractivity contribution in [2.75, 3.05) is 51.0 Å². The highest BCUT2D eigenvalue weighted by molar-refractivity contribution is 7.89. The number of nitrogens with one attached hydrogen (secondary N) is 2. The van der Waals surface area contributed by atoms with Gasteiger partial charge in [0.1, 0.15) is 11.5 Å². The molecular formula is C42H50N4O8S2. The molecule has 4 aromatic rings. The van der Waals surface area contributed by atoms with E-state index < -0.39 is 31.9 Å². The topological polar surface area (TPSA) is 151 Å². The van der Waals surface area contributed by atoms with E-state index in [1.165, 1.54) is 71.4 Å². The van der Waals surface area contributed by atoms with Gasteiger partial charge in [0.2, 0.25) is 20.0 Å². The molecule has 2 saturated heterocycles. The summed E-state index contributed by atoms with van der Waals surface area (Å²) < 4.78 is 67.5. The van der Waals surface area contributed by atoms with Gasteiger partial charge in [0.25, 0.3) is 11.8 Å². The zero-order chi connectivity index (χ0) is 40.4. The molecule has 2 amide bonds. The van der Waals surface area contributed by atoms with Crippen LogP contribution in [0.15, 0.2) is 94.7 Å². The molecule has 6 rings (SSSR count). The van der Waals surface area contributed by atoms with Crippen LogP contribution in [0.25, 0.3) is 11.1 Å². The van der Waals surface area contributed by atoms with Crippen molar-refractivity contribution in [3.63, 3.8) is 0 Å². The summed E-state index contributed by atoms with van der Waals surface area (Å²) in [5.41, 5.74) is 2.93. The van der Waals surface area contributed by atoms with Crippen LogP contribution in [-0.2, 0) is 20.0 Å². The summed E-state index contributed by atoms with van der Waals surface area (Å²) >= 11 is 0. The largest absolute Gasteiger partial charge is 0.495 e. The summed E-state index contributed by atoms with van der Waals surface area (Å²) in [6, 6.07) is 22.4. The van der Waals surface area contributed by atoms with Gasteiger partial charge in [0.05, 0.1) is 35.4 Å². The lowest BCUT2D eigenvalue weighted by atomic mass is 9.94. The Morgan fingerprint density at radius 2 is 0.857 bits per heavy atom. The number of anilines is 2. The lowest BCUT2D eigenvalue weighted by Gasteiger charge is -2.34. The second kappa shape index (κ2) is 16.8. The van der Waals surface area contributed by atoms with Crippen LogP contribution in [-0.4, -0.2) is 77.7 Å². The number of carbonyl (C=O) groups is 2. The zero-order valence-corrected chi connectivity index (χ0v) is 34.2. The normalized spacial score (nSPS) is 20.9. The number of nitrogens with zero attached hydrogens (tertiary/aromatic N) is 2. The van der Waals surface area contributed by atoms with E-state index in [1.807, 2.05) is 12.1 Å². The monoisotopic (exact) mass is 802 g/mol. The molecule has 12 nitrogen and oxygen atoms in total. The fraction of sp³-hybridized carbons (Fsp3) is 0.381. The number of amides is 2. The molecule has 2 heterocycles. The molecule has 2 aliphatic heterocycles. The van der Waals surface area contributed by atoms with Crippen LogP contribution in [0.4, 0.5) is 11.4 Å². The summed E-state index contributed by atoms with van der Waals surface area (Å²) in [7, 11) is -4.37. The Hall–Kier alpha value is -4.76. The first-order valence-corrected chi connectivity index (χ1v) is 21.7. The second-order valence-corrected chi connectivity index (χ2v) is 19.2. The summed E-state index contributed by atoms with van der Waals surface area (Å²) in [4.78, 5) is 26.8. The minimum atomic E-state index is -3.68. The lowest BCUT2D eigenvalue weighted by molar-refractivity contribution is 0.101. The van der Waals surface area contributed by atoms with Crippen molar-refractivity contribution in [2.24, 2.45) is 23.7 Å². The van der Waals surface area contributed by atoms with E-state index in [2.05, 4.69) is 38.3 Å². The zero-order valence-electron chi connectivity index (χ0n) is 32.6. The third-order valence-electron chi connectivity index (χ3n) is 10.4. The summed E-state index contributed by atoms with van der Waals surface area (Å²) in [5, 5.41) is 5.72. The molecule has 0 radical (unpaired) electrons. The van der Waals surface area contributed by atoms with Gasteiger partial charge in [-0.15, -0.1) is 0 Å².